The van der Waals surface area contributed by atoms with Gasteiger partial charge < -0.3 is 15.4 Å². The van der Waals surface area contributed by atoms with Gasteiger partial charge in [0.1, 0.15) is 13.2 Å². The first kappa shape index (κ1) is 23.3. The average molecular weight is 466 g/mol. The number of hydrogen-bond acceptors (Lipinski definition) is 8. The van der Waals surface area contributed by atoms with Crippen molar-refractivity contribution in [2.75, 3.05) is 18.0 Å². The first-order valence-corrected chi connectivity index (χ1v) is 11.1. The van der Waals surface area contributed by atoms with Gasteiger partial charge in [-0.25, -0.2) is 9.36 Å². The molecule has 1 atom stereocenters. The van der Waals surface area contributed by atoms with Crippen molar-refractivity contribution in [1.82, 2.24) is 23.7 Å². The Hall–Kier alpha value is -3.91. The molecular formula is C23H27N7O4. The number of imidazole rings is 1. The van der Waals surface area contributed by atoms with Gasteiger partial charge in [0.15, 0.2) is 11.2 Å². The molecule has 1 aliphatic heterocycles. The third-order valence-electron chi connectivity index (χ3n) is 5.78. The monoisotopic (exact) mass is 465 g/mol. The Bertz CT molecular complexity index is 1380. The summed E-state index contributed by atoms with van der Waals surface area (Å²) in [5.41, 5.74) is 6.04. The zero-order chi connectivity index (χ0) is 24.2. The molecule has 0 amide bonds. The molecular weight excluding hydrogens is 438 g/mol. The quantitative estimate of drug-likeness (QED) is 0.397. The lowest BCUT2D eigenvalue weighted by Crippen LogP contribution is -2.44. The maximum absolute atomic E-state index is 13.4. The lowest BCUT2D eigenvalue weighted by Gasteiger charge is -2.31. The van der Waals surface area contributed by atoms with E-state index in [1.165, 1.54) is 11.6 Å². The van der Waals surface area contributed by atoms with Crippen LogP contribution in [-0.2, 0) is 36.3 Å². The van der Waals surface area contributed by atoms with E-state index in [0.717, 1.165) is 24.0 Å². The fourth-order valence-electron chi connectivity index (χ4n) is 4.06. The highest BCUT2D eigenvalue weighted by atomic mass is 16.5. The molecule has 11 heteroatoms. The SMILES string of the molecule is CC#CCn1c(N2CCC[C@@H](N)C2)nc2c1c(=O)n(CC(=O)OCc1cccnc1)c(=O)n2C. The van der Waals surface area contributed by atoms with Gasteiger partial charge >= 0.3 is 11.7 Å². The van der Waals surface area contributed by atoms with E-state index < -0.39 is 23.8 Å². The lowest BCUT2D eigenvalue weighted by molar-refractivity contribution is -0.145. The van der Waals surface area contributed by atoms with E-state index in [-0.39, 0.29) is 30.4 Å². The molecule has 11 nitrogen and oxygen atoms in total. The third kappa shape index (κ3) is 4.58. The predicted molar refractivity (Wildman–Crippen MR) is 126 cm³/mol. The highest BCUT2D eigenvalue weighted by molar-refractivity contribution is 5.76. The molecule has 4 heterocycles. The van der Waals surface area contributed by atoms with Crippen molar-refractivity contribution >= 4 is 23.1 Å². The van der Waals surface area contributed by atoms with Crippen LogP contribution in [0.3, 0.4) is 0 Å². The number of esters is 1. The maximum atomic E-state index is 13.4. The highest BCUT2D eigenvalue weighted by Crippen LogP contribution is 2.22. The molecule has 0 radical (unpaired) electrons. The van der Waals surface area contributed by atoms with Gasteiger partial charge in [-0.3, -0.25) is 23.7 Å². The number of anilines is 1. The Balaban J connectivity index is 1.73. The highest BCUT2D eigenvalue weighted by Gasteiger charge is 2.26. The minimum atomic E-state index is -0.705. The average Bonchev–Trinajstić information content (AvgIpc) is 3.23. The molecule has 2 N–H and O–H groups in total. The maximum Gasteiger partial charge on any atom is 0.333 e. The number of fused-ring (bicyclic) bond motifs is 1. The molecule has 0 bridgehead atoms. The van der Waals surface area contributed by atoms with Gasteiger partial charge in [0, 0.05) is 44.1 Å². The fourth-order valence-corrected chi connectivity index (χ4v) is 4.06. The van der Waals surface area contributed by atoms with Gasteiger partial charge in [-0.1, -0.05) is 12.0 Å². The Labute approximate surface area is 195 Å². The molecule has 0 saturated carbocycles. The van der Waals surface area contributed by atoms with Crippen LogP contribution in [0, 0.1) is 11.8 Å². The summed E-state index contributed by atoms with van der Waals surface area (Å²) in [7, 11) is 1.52. The first-order chi connectivity index (χ1) is 16.4. The van der Waals surface area contributed by atoms with Crippen molar-refractivity contribution in [3.63, 3.8) is 0 Å². The van der Waals surface area contributed by atoms with Crippen LogP contribution < -0.4 is 21.9 Å². The van der Waals surface area contributed by atoms with Crippen LogP contribution in [0.4, 0.5) is 5.95 Å². The number of nitrogens with zero attached hydrogens (tertiary/aromatic N) is 6. The van der Waals surface area contributed by atoms with E-state index in [4.69, 9.17) is 10.5 Å². The van der Waals surface area contributed by atoms with Gasteiger partial charge in [-0.2, -0.15) is 4.98 Å². The Kier molecular flexibility index (Phi) is 6.79. The molecule has 1 saturated heterocycles. The van der Waals surface area contributed by atoms with Crippen LogP contribution in [-0.4, -0.2) is 48.8 Å². The number of piperidine rings is 1. The van der Waals surface area contributed by atoms with Crippen LogP contribution in [0.1, 0.15) is 25.3 Å². The topological polar surface area (TPSA) is 130 Å². The number of aryl methyl sites for hydroxylation is 1. The summed E-state index contributed by atoms with van der Waals surface area (Å²) in [4.78, 5) is 49.5. The lowest BCUT2D eigenvalue weighted by atomic mass is 10.1. The smallest absolute Gasteiger partial charge is 0.333 e. The molecule has 0 unspecified atom stereocenters. The summed E-state index contributed by atoms with van der Waals surface area (Å²) in [6, 6.07) is 3.48. The predicted octanol–water partition coefficient (Wildman–Crippen LogP) is -0.0141. The van der Waals surface area contributed by atoms with E-state index in [1.807, 2.05) is 4.90 Å². The Morgan fingerprint density at radius 2 is 2.15 bits per heavy atom. The van der Waals surface area contributed by atoms with E-state index >= 15 is 0 Å². The van der Waals surface area contributed by atoms with Crippen LogP contribution >= 0.6 is 0 Å². The summed E-state index contributed by atoms with van der Waals surface area (Å²) >= 11 is 0. The number of carbonyl (C=O) groups is 1. The van der Waals surface area contributed by atoms with E-state index in [1.54, 1.807) is 36.0 Å². The largest absolute Gasteiger partial charge is 0.459 e. The molecule has 34 heavy (non-hydrogen) atoms. The van der Waals surface area contributed by atoms with Crippen LogP contribution in [0.2, 0.25) is 0 Å². The molecule has 3 aromatic heterocycles. The molecule has 178 valence electrons. The zero-order valence-electron chi connectivity index (χ0n) is 19.2. The van der Waals surface area contributed by atoms with Crippen LogP contribution in [0.15, 0.2) is 34.1 Å². The normalized spacial score (nSPS) is 15.7. The summed E-state index contributed by atoms with van der Waals surface area (Å²) < 4.78 is 9.09. The summed E-state index contributed by atoms with van der Waals surface area (Å²) in [6.45, 7) is 2.73. The van der Waals surface area contributed by atoms with E-state index in [0.29, 0.717) is 18.1 Å². The minimum absolute atomic E-state index is 0.00525. The number of hydrogen-bond donors (Lipinski definition) is 1. The zero-order valence-corrected chi connectivity index (χ0v) is 19.2. The van der Waals surface area contributed by atoms with Crippen molar-refractivity contribution in [1.29, 1.82) is 0 Å². The summed E-state index contributed by atoms with van der Waals surface area (Å²) in [6.07, 6.45) is 5.00. The molecule has 1 fully saturated rings. The van der Waals surface area contributed by atoms with Crippen molar-refractivity contribution in [3.05, 3.63) is 50.9 Å². The molecule has 4 rings (SSSR count). The number of nitrogens with two attached hydrogens (primary N) is 1. The van der Waals surface area contributed by atoms with Crippen molar-refractivity contribution in [2.24, 2.45) is 12.8 Å². The second-order valence-electron chi connectivity index (χ2n) is 8.20. The molecule has 0 spiro atoms. The molecule has 0 aromatic carbocycles. The number of ether oxygens (including phenoxy) is 1. The van der Waals surface area contributed by atoms with E-state index in [2.05, 4.69) is 21.8 Å². The van der Waals surface area contributed by atoms with Crippen LogP contribution in [0.25, 0.3) is 11.2 Å². The second-order valence-corrected chi connectivity index (χ2v) is 8.20. The van der Waals surface area contributed by atoms with E-state index in [9.17, 15) is 14.4 Å². The molecule has 3 aromatic rings. The minimum Gasteiger partial charge on any atom is -0.459 e. The number of rotatable bonds is 6. The van der Waals surface area contributed by atoms with Gasteiger partial charge in [0.25, 0.3) is 5.56 Å². The summed E-state index contributed by atoms with van der Waals surface area (Å²) in [5, 5.41) is 0. The van der Waals surface area contributed by atoms with Crippen molar-refractivity contribution in [3.8, 4) is 11.8 Å². The Morgan fingerprint density at radius 3 is 2.85 bits per heavy atom. The number of aromatic nitrogens is 5. The second kappa shape index (κ2) is 9.93. The first-order valence-electron chi connectivity index (χ1n) is 11.1. The molecule has 0 aliphatic carbocycles. The number of carbonyl (C=O) groups excluding carboxylic acids is 1. The van der Waals surface area contributed by atoms with Gasteiger partial charge in [-0.15, -0.1) is 5.92 Å². The molecule has 1 aliphatic rings. The summed E-state index contributed by atoms with van der Waals surface area (Å²) in [5.74, 6) is 5.65. The fraction of sp³-hybridized carbons (Fsp3) is 0.435. The standard InChI is InChI=1S/C23H27N7O4/c1-3-4-11-29-19-20(26-22(29)28-10-6-8-17(24)13-28)27(2)23(33)30(21(19)32)14-18(31)34-15-16-7-5-9-25-12-16/h5,7,9,12,17H,6,8,10-11,13-15,24H2,1-2H3/t17-/m1/s1. The van der Waals surface area contributed by atoms with Gasteiger partial charge in [0.05, 0.1) is 6.54 Å². The van der Waals surface area contributed by atoms with Gasteiger partial charge in [0.2, 0.25) is 5.95 Å². The van der Waals surface area contributed by atoms with Crippen molar-refractivity contribution in [2.45, 2.75) is 45.5 Å². The Morgan fingerprint density at radius 1 is 1.32 bits per heavy atom. The van der Waals surface area contributed by atoms with Gasteiger partial charge in [-0.05, 0) is 25.8 Å². The van der Waals surface area contributed by atoms with Crippen LogP contribution in [0.5, 0.6) is 0 Å². The third-order valence-corrected chi connectivity index (χ3v) is 5.78. The van der Waals surface area contributed by atoms with Crippen molar-refractivity contribution < 1.29 is 9.53 Å². The number of pyridine rings is 1.